The van der Waals surface area contributed by atoms with E-state index in [2.05, 4.69) is 43.2 Å². The molecule has 2 fully saturated rings. The van der Waals surface area contributed by atoms with E-state index in [0.717, 1.165) is 87.9 Å². The SMILES string of the molecule is CC(C)(CCC(C)(C)c1cnc(N2CCNCC2)cn1)c1cnc(C2CCNCC2)cn1. The topological polar surface area (TPSA) is 78.9 Å². The van der Waals surface area contributed by atoms with Gasteiger partial charge in [-0.15, -0.1) is 0 Å². The van der Waals surface area contributed by atoms with Crippen LogP contribution in [-0.4, -0.2) is 59.2 Å². The van der Waals surface area contributed by atoms with E-state index < -0.39 is 0 Å². The quantitative estimate of drug-likeness (QED) is 0.689. The molecule has 7 nitrogen and oxygen atoms in total. The molecular weight excluding hydrogens is 398 g/mol. The molecule has 4 rings (SSSR count). The van der Waals surface area contributed by atoms with Crippen LogP contribution < -0.4 is 15.5 Å². The predicted octanol–water partition coefficient (Wildman–Crippen LogP) is 3.18. The lowest BCUT2D eigenvalue weighted by Crippen LogP contribution is -2.44. The van der Waals surface area contributed by atoms with Crippen molar-refractivity contribution in [2.75, 3.05) is 44.2 Å². The van der Waals surface area contributed by atoms with Crippen LogP contribution >= 0.6 is 0 Å². The van der Waals surface area contributed by atoms with Crippen LogP contribution in [0, 0.1) is 0 Å². The van der Waals surface area contributed by atoms with Gasteiger partial charge < -0.3 is 15.5 Å². The van der Waals surface area contributed by atoms with Crippen LogP contribution in [0.2, 0.25) is 0 Å². The van der Waals surface area contributed by atoms with Gasteiger partial charge >= 0.3 is 0 Å². The molecular formula is C25H39N7. The second-order valence-electron chi connectivity index (χ2n) is 10.6. The van der Waals surface area contributed by atoms with Gasteiger partial charge in [0.1, 0.15) is 5.82 Å². The number of piperidine rings is 1. The number of piperazine rings is 1. The average Bonchev–Trinajstić information content (AvgIpc) is 2.84. The predicted molar refractivity (Wildman–Crippen MR) is 129 cm³/mol. The average molecular weight is 438 g/mol. The molecule has 2 aromatic heterocycles. The first-order chi connectivity index (χ1) is 15.4. The van der Waals surface area contributed by atoms with Gasteiger partial charge in [0.2, 0.25) is 0 Å². The molecule has 0 unspecified atom stereocenters. The molecule has 2 aliphatic heterocycles. The Balaban J connectivity index is 1.37. The van der Waals surface area contributed by atoms with Crippen molar-refractivity contribution in [2.24, 2.45) is 0 Å². The smallest absolute Gasteiger partial charge is 0.147 e. The Morgan fingerprint density at radius 2 is 1.31 bits per heavy atom. The Kier molecular flexibility index (Phi) is 7.05. The minimum absolute atomic E-state index is 0.0366. The Hall–Kier alpha value is -2.12. The molecule has 2 aliphatic rings. The van der Waals surface area contributed by atoms with E-state index in [-0.39, 0.29) is 10.8 Å². The third-order valence-electron chi connectivity index (χ3n) is 7.27. The summed E-state index contributed by atoms with van der Waals surface area (Å²) in [6.45, 7) is 15.2. The van der Waals surface area contributed by atoms with E-state index in [1.54, 1.807) is 0 Å². The van der Waals surface area contributed by atoms with Crippen molar-refractivity contribution in [1.82, 2.24) is 30.6 Å². The highest BCUT2D eigenvalue weighted by atomic mass is 15.2. The second kappa shape index (κ2) is 9.79. The van der Waals surface area contributed by atoms with Crippen LogP contribution in [0.4, 0.5) is 5.82 Å². The number of anilines is 1. The zero-order valence-corrected chi connectivity index (χ0v) is 20.2. The molecule has 0 spiro atoms. The third-order valence-corrected chi connectivity index (χ3v) is 7.27. The summed E-state index contributed by atoms with van der Waals surface area (Å²) in [5, 5.41) is 6.80. The van der Waals surface area contributed by atoms with Crippen LogP contribution in [0.15, 0.2) is 24.8 Å². The Morgan fingerprint density at radius 1 is 0.750 bits per heavy atom. The van der Waals surface area contributed by atoms with Crippen molar-refractivity contribution in [3.8, 4) is 0 Å². The van der Waals surface area contributed by atoms with E-state index in [1.807, 2.05) is 24.8 Å². The van der Waals surface area contributed by atoms with Crippen molar-refractivity contribution in [1.29, 1.82) is 0 Å². The molecule has 7 heteroatoms. The molecule has 32 heavy (non-hydrogen) atoms. The van der Waals surface area contributed by atoms with Crippen molar-refractivity contribution in [3.05, 3.63) is 41.9 Å². The minimum Gasteiger partial charge on any atom is -0.353 e. The molecule has 2 aromatic rings. The maximum Gasteiger partial charge on any atom is 0.147 e. The summed E-state index contributed by atoms with van der Waals surface area (Å²) in [6, 6.07) is 0. The molecule has 174 valence electrons. The zero-order valence-electron chi connectivity index (χ0n) is 20.2. The van der Waals surface area contributed by atoms with Crippen LogP contribution in [0.1, 0.15) is 76.4 Å². The summed E-state index contributed by atoms with van der Waals surface area (Å²) in [5.41, 5.74) is 3.19. The van der Waals surface area contributed by atoms with Gasteiger partial charge in [0.05, 0.1) is 29.5 Å². The number of hydrogen-bond acceptors (Lipinski definition) is 7. The summed E-state index contributed by atoms with van der Waals surface area (Å²) in [4.78, 5) is 21.5. The highest BCUT2D eigenvalue weighted by molar-refractivity contribution is 5.37. The van der Waals surface area contributed by atoms with Gasteiger partial charge in [0, 0.05) is 55.3 Å². The van der Waals surface area contributed by atoms with E-state index in [4.69, 9.17) is 19.9 Å². The summed E-state index contributed by atoms with van der Waals surface area (Å²) >= 11 is 0. The first-order valence-corrected chi connectivity index (χ1v) is 12.2. The Morgan fingerprint density at radius 3 is 1.84 bits per heavy atom. The van der Waals surface area contributed by atoms with E-state index in [9.17, 15) is 0 Å². The molecule has 0 atom stereocenters. The van der Waals surface area contributed by atoms with Crippen LogP contribution in [0.25, 0.3) is 0 Å². The highest BCUT2D eigenvalue weighted by Crippen LogP contribution is 2.35. The Bertz CT molecular complexity index is 775. The normalized spacial score (nSPS) is 18.7. The summed E-state index contributed by atoms with van der Waals surface area (Å²) < 4.78 is 0. The highest BCUT2D eigenvalue weighted by Gasteiger charge is 2.30. The first-order valence-electron chi connectivity index (χ1n) is 12.2. The number of aromatic nitrogens is 4. The number of hydrogen-bond donors (Lipinski definition) is 2. The molecule has 0 aliphatic carbocycles. The molecule has 0 aromatic carbocycles. The van der Waals surface area contributed by atoms with Crippen molar-refractivity contribution >= 4 is 5.82 Å². The molecule has 0 bridgehead atoms. The lowest BCUT2D eigenvalue weighted by molar-refractivity contribution is 0.361. The van der Waals surface area contributed by atoms with Gasteiger partial charge in [-0.25, -0.2) is 4.98 Å². The fourth-order valence-corrected chi connectivity index (χ4v) is 4.63. The molecule has 0 saturated carbocycles. The summed E-state index contributed by atoms with van der Waals surface area (Å²) in [5.74, 6) is 1.53. The van der Waals surface area contributed by atoms with Crippen LogP contribution in [-0.2, 0) is 10.8 Å². The molecule has 2 saturated heterocycles. The van der Waals surface area contributed by atoms with Gasteiger partial charge in [-0.2, -0.15) is 0 Å². The van der Waals surface area contributed by atoms with Gasteiger partial charge in [-0.3, -0.25) is 15.0 Å². The molecule has 0 amide bonds. The maximum atomic E-state index is 4.84. The van der Waals surface area contributed by atoms with Gasteiger partial charge in [-0.1, -0.05) is 27.7 Å². The third kappa shape index (κ3) is 5.44. The second-order valence-corrected chi connectivity index (χ2v) is 10.6. The molecule has 4 heterocycles. The van der Waals surface area contributed by atoms with E-state index in [1.165, 1.54) is 0 Å². The van der Waals surface area contributed by atoms with Crippen molar-refractivity contribution in [2.45, 2.75) is 70.1 Å². The van der Waals surface area contributed by atoms with Crippen molar-refractivity contribution < 1.29 is 0 Å². The van der Waals surface area contributed by atoms with Gasteiger partial charge in [0.15, 0.2) is 0 Å². The monoisotopic (exact) mass is 437 g/mol. The standard InChI is InChI=1S/C25H39N7/c1-24(2,21-16-28-20(15-29-21)19-5-9-26-10-6-19)7-8-25(3,4)22-17-31-23(18-30-22)32-13-11-27-12-14-32/h15-19,26-27H,5-14H2,1-4H3. The minimum atomic E-state index is -0.0469. The number of nitrogens with one attached hydrogen (secondary N) is 2. The molecule has 2 N–H and O–H groups in total. The summed E-state index contributed by atoms with van der Waals surface area (Å²) in [6.07, 6.45) is 12.3. The number of nitrogens with zero attached hydrogens (tertiary/aromatic N) is 5. The first kappa shape index (κ1) is 23.1. The fourth-order valence-electron chi connectivity index (χ4n) is 4.63. The molecule has 0 radical (unpaired) electrons. The van der Waals surface area contributed by atoms with Gasteiger partial charge in [-0.05, 0) is 38.8 Å². The van der Waals surface area contributed by atoms with Gasteiger partial charge in [0.25, 0.3) is 0 Å². The lowest BCUT2D eigenvalue weighted by Gasteiger charge is -2.31. The number of rotatable bonds is 7. The maximum absolute atomic E-state index is 4.84. The largest absolute Gasteiger partial charge is 0.353 e. The van der Waals surface area contributed by atoms with Crippen LogP contribution in [0.3, 0.4) is 0 Å². The van der Waals surface area contributed by atoms with E-state index >= 15 is 0 Å². The zero-order chi connectivity index (χ0) is 22.6. The lowest BCUT2D eigenvalue weighted by atomic mass is 9.76. The Labute approximate surface area is 192 Å². The van der Waals surface area contributed by atoms with Crippen molar-refractivity contribution in [3.63, 3.8) is 0 Å². The summed E-state index contributed by atoms with van der Waals surface area (Å²) in [7, 11) is 0. The fraction of sp³-hybridized carbons (Fsp3) is 0.680. The van der Waals surface area contributed by atoms with Crippen LogP contribution in [0.5, 0.6) is 0 Å². The van der Waals surface area contributed by atoms with E-state index in [0.29, 0.717) is 5.92 Å².